The Kier molecular flexibility index (Phi) is 10.9. The van der Waals surface area contributed by atoms with Gasteiger partial charge in [0.05, 0.1) is 28.8 Å². The lowest BCUT2D eigenvalue weighted by molar-refractivity contribution is 0.0512. The molecule has 10 heteroatoms. The Morgan fingerprint density at radius 3 is 2.36 bits per heavy atom. The molecule has 0 radical (unpaired) electrons. The molecule has 234 valence electrons. The molecule has 0 spiro atoms. The average molecular weight is 635 g/mol. The van der Waals surface area contributed by atoms with Crippen LogP contribution in [-0.2, 0) is 4.74 Å². The van der Waals surface area contributed by atoms with Gasteiger partial charge in [-0.05, 0) is 52.5 Å². The van der Waals surface area contributed by atoms with E-state index in [1.807, 2.05) is 36.4 Å². The number of fused-ring (bicyclic) bond motifs is 2. The average Bonchev–Trinajstić information content (AvgIpc) is 2.99. The van der Waals surface area contributed by atoms with Crippen molar-refractivity contribution in [1.82, 2.24) is 15.0 Å². The topological polar surface area (TPSA) is 80.6 Å². The minimum Gasteiger partial charge on any atom is -0.468 e. The molecule has 2 aromatic carbocycles. The van der Waals surface area contributed by atoms with Gasteiger partial charge in [-0.25, -0.2) is 19.3 Å². The highest BCUT2D eigenvalue weighted by atomic mass is 32.2. The van der Waals surface area contributed by atoms with Crippen LogP contribution >= 0.6 is 11.8 Å². The van der Waals surface area contributed by atoms with Crippen molar-refractivity contribution in [3.63, 3.8) is 0 Å². The number of rotatable bonds is 11. The molecule has 44 heavy (non-hydrogen) atoms. The zero-order valence-electron chi connectivity index (χ0n) is 27.2. The molecule has 0 saturated carbocycles. The van der Waals surface area contributed by atoms with E-state index in [9.17, 15) is 5.11 Å². The molecule has 7 nitrogen and oxygen atoms in total. The molecule has 2 aromatic heterocycles. The second-order valence-corrected chi connectivity index (χ2v) is 18.3. The number of ether oxygens (including phenoxy) is 2. The van der Waals surface area contributed by atoms with Gasteiger partial charge in [-0.1, -0.05) is 65.3 Å². The minimum atomic E-state index is -2.16. The molecular formula is C34H43FN4O3SSi. The molecule has 4 rings (SSSR count). The van der Waals surface area contributed by atoms with E-state index in [1.54, 1.807) is 19.4 Å². The Bertz CT molecular complexity index is 1680. The van der Waals surface area contributed by atoms with Gasteiger partial charge in [0.25, 0.3) is 0 Å². The maximum absolute atomic E-state index is 15.9. The van der Waals surface area contributed by atoms with Gasteiger partial charge in [-0.2, -0.15) is 0 Å². The molecule has 0 bridgehead atoms. The van der Waals surface area contributed by atoms with Crippen molar-refractivity contribution in [3.8, 4) is 28.5 Å². The van der Waals surface area contributed by atoms with Gasteiger partial charge < -0.3 is 19.5 Å². The van der Waals surface area contributed by atoms with Crippen molar-refractivity contribution >= 4 is 47.3 Å². The molecule has 0 aliphatic carbocycles. The number of benzene rings is 2. The second-order valence-electron chi connectivity index (χ2n) is 12.0. The summed E-state index contributed by atoms with van der Waals surface area (Å²) in [5, 5.41) is 12.6. The van der Waals surface area contributed by atoms with Crippen molar-refractivity contribution < 1.29 is 19.0 Å². The van der Waals surface area contributed by atoms with Gasteiger partial charge in [-0.3, -0.25) is 0 Å². The smallest absolute Gasteiger partial charge is 0.188 e. The number of thioether (sulfide) groups is 1. The molecule has 0 fully saturated rings. The summed E-state index contributed by atoms with van der Waals surface area (Å²) in [6.45, 7) is 13.9. The van der Waals surface area contributed by atoms with Crippen molar-refractivity contribution in [1.29, 1.82) is 0 Å². The Hall–Kier alpha value is -3.23. The Morgan fingerprint density at radius 1 is 1.05 bits per heavy atom. The number of aliphatic hydroxyl groups excluding tert-OH is 1. The van der Waals surface area contributed by atoms with Crippen LogP contribution in [0.1, 0.15) is 47.1 Å². The zero-order valence-corrected chi connectivity index (χ0v) is 29.0. The van der Waals surface area contributed by atoms with E-state index in [1.165, 1.54) is 17.8 Å². The fraction of sp³-hybridized carbons (Fsp3) is 0.441. The summed E-state index contributed by atoms with van der Waals surface area (Å²) in [6.07, 6.45) is 3.68. The van der Waals surface area contributed by atoms with Crippen LogP contribution in [0, 0.1) is 17.3 Å². The van der Waals surface area contributed by atoms with Crippen molar-refractivity contribution in [3.05, 3.63) is 47.9 Å². The first-order valence-electron chi connectivity index (χ1n) is 14.9. The van der Waals surface area contributed by atoms with E-state index >= 15 is 4.39 Å². The number of hydrogen-bond donors (Lipinski definition) is 1. The number of aliphatic hydroxyl groups is 1. The zero-order chi connectivity index (χ0) is 32.2. The van der Waals surface area contributed by atoms with Crippen LogP contribution in [-0.4, -0.2) is 68.5 Å². The van der Waals surface area contributed by atoms with E-state index in [0.717, 1.165) is 10.8 Å². The lowest BCUT2D eigenvalue weighted by Crippen LogP contribution is -2.43. The summed E-state index contributed by atoms with van der Waals surface area (Å²) in [5.74, 6) is 4.20. The van der Waals surface area contributed by atoms with Gasteiger partial charge >= 0.3 is 0 Å². The molecule has 0 aliphatic heterocycles. The Balaban J connectivity index is 2.12. The second kappa shape index (κ2) is 14.2. The number of pyridine rings is 1. The normalized spacial score (nSPS) is 12.0. The first-order chi connectivity index (χ1) is 21.0. The maximum atomic E-state index is 15.9. The van der Waals surface area contributed by atoms with Crippen LogP contribution < -0.4 is 9.64 Å². The van der Waals surface area contributed by atoms with Crippen LogP contribution in [0.3, 0.4) is 0 Å². The number of halogens is 1. The van der Waals surface area contributed by atoms with E-state index in [2.05, 4.69) is 58.0 Å². The van der Waals surface area contributed by atoms with Crippen molar-refractivity contribution in [2.75, 3.05) is 45.3 Å². The highest BCUT2D eigenvalue weighted by Crippen LogP contribution is 2.42. The van der Waals surface area contributed by atoms with Gasteiger partial charge in [-0.15, -0.1) is 5.54 Å². The Labute approximate surface area is 265 Å². The third-order valence-electron chi connectivity index (χ3n) is 8.45. The van der Waals surface area contributed by atoms with Crippen molar-refractivity contribution in [2.24, 2.45) is 0 Å². The fourth-order valence-corrected chi connectivity index (χ4v) is 11.9. The minimum absolute atomic E-state index is 0.0466. The summed E-state index contributed by atoms with van der Waals surface area (Å²) >= 11 is 1.45. The van der Waals surface area contributed by atoms with Crippen LogP contribution in [0.25, 0.3) is 32.9 Å². The van der Waals surface area contributed by atoms with Gasteiger partial charge in [0, 0.05) is 37.8 Å². The number of aromatic nitrogens is 3. The van der Waals surface area contributed by atoms with Gasteiger partial charge in [0.1, 0.15) is 25.5 Å². The van der Waals surface area contributed by atoms with Crippen LogP contribution in [0.5, 0.6) is 5.75 Å². The first kappa shape index (κ1) is 33.7. The first-order valence-corrected chi connectivity index (χ1v) is 18.4. The summed E-state index contributed by atoms with van der Waals surface area (Å²) in [7, 11) is 1.27. The van der Waals surface area contributed by atoms with Gasteiger partial charge in [0.15, 0.2) is 11.9 Å². The molecule has 0 saturated heterocycles. The third kappa shape index (κ3) is 6.57. The maximum Gasteiger partial charge on any atom is 0.188 e. The van der Waals surface area contributed by atoms with Crippen molar-refractivity contribution in [2.45, 2.75) is 63.3 Å². The number of likely N-dealkylation sites (N-methyl/N-ethyl adjacent to an activating group) is 1. The summed E-state index contributed by atoms with van der Waals surface area (Å²) in [4.78, 5) is 16.2. The summed E-state index contributed by atoms with van der Waals surface area (Å²) < 4.78 is 27.0. The Morgan fingerprint density at radius 2 is 1.75 bits per heavy atom. The quantitative estimate of drug-likeness (QED) is 0.0592. The van der Waals surface area contributed by atoms with Crippen LogP contribution in [0.2, 0.25) is 16.6 Å². The number of hydrogen-bond acceptors (Lipinski definition) is 8. The molecule has 0 unspecified atom stereocenters. The number of methoxy groups -OCH3 is 1. The van der Waals surface area contributed by atoms with Gasteiger partial charge in [0.2, 0.25) is 0 Å². The number of nitrogens with zero attached hydrogens (tertiary/aromatic N) is 4. The van der Waals surface area contributed by atoms with E-state index in [0.29, 0.717) is 67.6 Å². The lowest BCUT2D eigenvalue weighted by atomic mass is 9.96. The molecule has 2 heterocycles. The van der Waals surface area contributed by atoms with Crippen LogP contribution in [0.4, 0.5) is 10.2 Å². The molecule has 4 aromatic rings. The highest BCUT2D eigenvalue weighted by molar-refractivity contribution is 7.98. The molecular weight excluding hydrogens is 592 g/mol. The highest BCUT2D eigenvalue weighted by Gasteiger charge is 2.41. The van der Waals surface area contributed by atoms with E-state index in [4.69, 9.17) is 19.4 Å². The molecule has 0 aliphatic rings. The lowest BCUT2D eigenvalue weighted by Gasteiger charge is -2.38. The molecule has 0 amide bonds. The third-order valence-corrected chi connectivity index (χ3v) is 15.3. The monoisotopic (exact) mass is 634 g/mol. The summed E-state index contributed by atoms with van der Waals surface area (Å²) in [5.41, 5.74) is 7.23. The fourth-order valence-electron chi connectivity index (χ4n) is 6.33. The SMILES string of the molecule is COCOc1cc(-c2cc3nc(SC)ncc3c(N(C)CCO)n2)c2c(C#C[Si](C(C)C)(C(C)C)C(C)C)c(F)ccc2c1. The van der Waals surface area contributed by atoms with E-state index < -0.39 is 8.07 Å². The predicted molar refractivity (Wildman–Crippen MR) is 183 cm³/mol. The van der Waals surface area contributed by atoms with E-state index in [-0.39, 0.29) is 19.2 Å². The number of anilines is 1. The molecule has 0 atom stereocenters. The molecule has 1 N–H and O–H groups in total. The predicted octanol–water partition coefficient (Wildman–Crippen LogP) is 7.69. The standard InChI is InChI=1S/C34H43FN4O3SSi/c1-21(2)44(22(3)4,23(5)6)15-12-26-29(35)11-10-24-16-25(42-20-41-8)17-27(32(24)26)30-18-31-28(19-36-34(38-31)43-9)33(37-30)39(7)13-14-40/h10-11,16-19,21-23,40H,13-14,20H2,1-9H3. The summed E-state index contributed by atoms with van der Waals surface area (Å²) in [6, 6.07) is 8.88. The largest absolute Gasteiger partial charge is 0.468 e. The van der Waals surface area contributed by atoms with Crippen LogP contribution in [0.15, 0.2) is 41.7 Å².